The summed E-state index contributed by atoms with van der Waals surface area (Å²) in [5.41, 5.74) is 5.61. The van der Waals surface area contributed by atoms with Crippen LogP contribution >= 0.6 is 0 Å². The van der Waals surface area contributed by atoms with E-state index in [1.807, 2.05) is 36.9 Å². The van der Waals surface area contributed by atoms with Crippen molar-refractivity contribution < 1.29 is 18.7 Å². The summed E-state index contributed by atoms with van der Waals surface area (Å²) in [7, 11) is 0. The van der Waals surface area contributed by atoms with Crippen LogP contribution in [0.15, 0.2) is 60.7 Å². The van der Waals surface area contributed by atoms with Crippen molar-refractivity contribution in [3.8, 4) is 22.4 Å². The maximum Gasteiger partial charge on any atom is 0.225 e. The molecule has 5 rings (SSSR count). The lowest BCUT2D eigenvalue weighted by atomic mass is 10.0. The molecule has 0 spiro atoms. The molecule has 2 aliphatic rings. The third-order valence-electron chi connectivity index (χ3n) is 8.14. The third kappa shape index (κ3) is 6.67. The van der Waals surface area contributed by atoms with Crippen LogP contribution in [0.2, 0.25) is 0 Å². The third-order valence-corrected chi connectivity index (χ3v) is 8.14. The Morgan fingerprint density at radius 2 is 1.62 bits per heavy atom. The number of nitrogens with zero attached hydrogens (tertiary/aromatic N) is 2. The molecule has 2 atom stereocenters. The van der Waals surface area contributed by atoms with Crippen molar-refractivity contribution >= 4 is 5.91 Å². The number of hydrogen-bond donors (Lipinski definition) is 0. The first-order chi connectivity index (χ1) is 19.2. The molecule has 2 fully saturated rings. The van der Waals surface area contributed by atoms with Crippen LogP contribution in [0.25, 0.3) is 22.4 Å². The van der Waals surface area contributed by atoms with Crippen LogP contribution in [-0.2, 0) is 20.8 Å². The molecule has 3 aromatic rings. The van der Waals surface area contributed by atoms with Gasteiger partial charge in [-0.1, -0.05) is 44.2 Å². The van der Waals surface area contributed by atoms with E-state index in [9.17, 15) is 9.18 Å². The molecule has 214 valence electrons. The first kappa shape index (κ1) is 28.6. The first-order valence-electron chi connectivity index (χ1n) is 14.9. The Hall–Kier alpha value is -2.96. The normalized spacial score (nSPS) is 21.1. The zero-order valence-corrected chi connectivity index (χ0v) is 24.4. The monoisotopic (exact) mass is 546 g/mol. The lowest BCUT2D eigenvalue weighted by Gasteiger charge is -2.41. The number of rotatable bonds is 8. The first-order valence-corrected chi connectivity index (χ1v) is 14.9. The fourth-order valence-electron chi connectivity index (χ4n) is 6.31. The van der Waals surface area contributed by atoms with Gasteiger partial charge < -0.3 is 18.9 Å². The summed E-state index contributed by atoms with van der Waals surface area (Å²) in [4.78, 5) is 15.0. The van der Waals surface area contributed by atoms with Crippen LogP contribution in [0.5, 0.6) is 0 Å². The Morgan fingerprint density at radius 1 is 0.950 bits per heavy atom. The Kier molecular flexibility index (Phi) is 8.77. The second-order valence-electron chi connectivity index (χ2n) is 12.1. The topological polar surface area (TPSA) is 43.7 Å². The molecular formula is C34H43FN2O3. The second-order valence-corrected chi connectivity index (χ2v) is 12.1. The van der Waals surface area contributed by atoms with Crippen molar-refractivity contribution in [3.05, 3.63) is 72.2 Å². The number of hydrogen-bond acceptors (Lipinski definition) is 3. The molecule has 2 saturated heterocycles. The summed E-state index contributed by atoms with van der Waals surface area (Å²) < 4.78 is 28.9. The van der Waals surface area contributed by atoms with Gasteiger partial charge >= 0.3 is 0 Å². The van der Waals surface area contributed by atoms with Gasteiger partial charge in [0.15, 0.2) is 5.79 Å². The standard InChI is InChI=1S/C34H43FN2O3/c1-24(2)31-23-30(25-11-7-5-8-12-25)33(26-13-15-27(35)16-14-26)37(31)20-17-28-21-29(40-34(3,4)39-28)22-32(38)36-18-9-6-10-19-36/h5,7-8,11-16,23-24,28-29H,6,9-10,17-22H2,1-4H3/t28-,29-/m1/s1. The predicted molar refractivity (Wildman–Crippen MR) is 157 cm³/mol. The van der Waals surface area contributed by atoms with Crippen LogP contribution in [0.1, 0.15) is 77.8 Å². The van der Waals surface area contributed by atoms with Gasteiger partial charge in [-0.15, -0.1) is 0 Å². The molecule has 0 saturated carbocycles. The molecule has 0 aliphatic carbocycles. The molecule has 2 aliphatic heterocycles. The van der Waals surface area contributed by atoms with E-state index in [2.05, 4.69) is 48.7 Å². The summed E-state index contributed by atoms with van der Waals surface area (Å²) in [5, 5.41) is 0. The fraction of sp³-hybridized carbons (Fsp3) is 0.500. The molecule has 40 heavy (non-hydrogen) atoms. The highest BCUT2D eigenvalue weighted by molar-refractivity contribution is 5.83. The second kappa shape index (κ2) is 12.3. The zero-order valence-electron chi connectivity index (χ0n) is 24.4. The van der Waals surface area contributed by atoms with Gasteiger partial charge in [0.25, 0.3) is 0 Å². The molecule has 0 bridgehead atoms. The average molecular weight is 547 g/mol. The lowest BCUT2D eigenvalue weighted by molar-refractivity contribution is -0.300. The summed E-state index contributed by atoms with van der Waals surface area (Å²) in [6.07, 6.45) is 5.08. The maximum absolute atomic E-state index is 13.9. The van der Waals surface area contributed by atoms with Crippen LogP contribution in [0.3, 0.4) is 0 Å². The fourth-order valence-corrected chi connectivity index (χ4v) is 6.31. The Bertz CT molecular complexity index is 1280. The average Bonchev–Trinajstić information content (AvgIpc) is 3.32. The van der Waals surface area contributed by atoms with Gasteiger partial charge in [-0.05, 0) is 86.9 Å². The van der Waals surface area contributed by atoms with E-state index in [-0.39, 0.29) is 23.9 Å². The number of piperidine rings is 1. The molecule has 0 unspecified atom stereocenters. The van der Waals surface area contributed by atoms with Crippen molar-refractivity contribution in [2.75, 3.05) is 13.1 Å². The minimum absolute atomic E-state index is 0.0356. The van der Waals surface area contributed by atoms with E-state index in [0.717, 1.165) is 61.3 Å². The van der Waals surface area contributed by atoms with E-state index in [4.69, 9.17) is 9.47 Å². The number of halogens is 1. The summed E-state index contributed by atoms with van der Waals surface area (Å²) in [5.74, 6) is -0.490. The molecule has 2 aromatic carbocycles. The quantitative estimate of drug-likeness (QED) is 0.290. The molecule has 5 nitrogen and oxygen atoms in total. The van der Waals surface area contributed by atoms with E-state index >= 15 is 0 Å². The van der Waals surface area contributed by atoms with Gasteiger partial charge in [-0.25, -0.2) is 4.39 Å². The van der Waals surface area contributed by atoms with Crippen molar-refractivity contribution in [2.45, 2.75) is 96.7 Å². The molecule has 0 radical (unpaired) electrons. The number of ether oxygens (including phenoxy) is 2. The van der Waals surface area contributed by atoms with Crippen molar-refractivity contribution in [2.24, 2.45) is 0 Å². The summed E-state index contributed by atoms with van der Waals surface area (Å²) >= 11 is 0. The highest BCUT2D eigenvalue weighted by atomic mass is 19.1. The highest BCUT2D eigenvalue weighted by Crippen LogP contribution is 2.39. The highest BCUT2D eigenvalue weighted by Gasteiger charge is 2.37. The predicted octanol–water partition coefficient (Wildman–Crippen LogP) is 7.79. The summed E-state index contributed by atoms with van der Waals surface area (Å²) in [6.45, 7) is 10.8. The molecule has 3 heterocycles. The minimum atomic E-state index is -0.748. The van der Waals surface area contributed by atoms with Crippen molar-refractivity contribution in [1.29, 1.82) is 0 Å². The van der Waals surface area contributed by atoms with Crippen LogP contribution in [0, 0.1) is 5.82 Å². The number of benzene rings is 2. The van der Waals surface area contributed by atoms with Gasteiger partial charge in [0, 0.05) is 37.3 Å². The number of likely N-dealkylation sites (tertiary alicyclic amines) is 1. The SMILES string of the molecule is CC(C)c1cc(-c2ccccc2)c(-c2ccc(F)cc2)n1CC[C@@H]1C[C@H](CC(=O)N2CCCCC2)OC(C)(C)O1. The molecule has 0 N–H and O–H groups in total. The Labute approximate surface area is 238 Å². The summed E-state index contributed by atoms with van der Waals surface area (Å²) in [6, 6.07) is 19.5. The van der Waals surface area contributed by atoms with Gasteiger partial charge in [0.1, 0.15) is 5.82 Å². The van der Waals surface area contributed by atoms with E-state index in [1.54, 1.807) is 0 Å². The zero-order chi connectivity index (χ0) is 28.3. The number of carbonyl (C=O) groups is 1. The molecule has 6 heteroatoms. The van der Waals surface area contributed by atoms with Crippen LogP contribution < -0.4 is 0 Å². The van der Waals surface area contributed by atoms with Gasteiger partial charge in [0.05, 0.1) is 24.3 Å². The van der Waals surface area contributed by atoms with Gasteiger partial charge in [0.2, 0.25) is 5.91 Å². The largest absolute Gasteiger partial charge is 0.347 e. The lowest BCUT2D eigenvalue weighted by Crippen LogP contribution is -2.47. The number of aromatic nitrogens is 1. The van der Waals surface area contributed by atoms with E-state index < -0.39 is 5.79 Å². The van der Waals surface area contributed by atoms with Crippen LogP contribution in [0.4, 0.5) is 4.39 Å². The Morgan fingerprint density at radius 3 is 2.30 bits per heavy atom. The molecular weight excluding hydrogens is 503 g/mol. The minimum Gasteiger partial charge on any atom is -0.347 e. The van der Waals surface area contributed by atoms with E-state index in [1.165, 1.54) is 24.2 Å². The van der Waals surface area contributed by atoms with Gasteiger partial charge in [-0.2, -0.15) is 0 Å². The van der Waals surface area contributed by atoms with Crippen molar-refractivity contribution in [3.63, 3.8) is 0 Å². The van der Waals surface area contributed by atoms with Gasteiger partial charge in [-0.3, -0.25) is 4.79 Å². The number of carbonyl (C=O) groups excluding carboxylic acids is 1. The Balaban J connectivity index is 1.40. The molecule has 1 amide bonds. The van der Waals surface area contributed by atoms with E-state index in [0.29, 0.717) is 18.8 Å². The number of amides is 1. The smallest absolute Gasteiger partial charge is 0.225 e. The van der Waals surface area contributed by atoms with Crippen LogP contribution in [-0.4, -0.2) is 46.5 Å². The van der Waals surface area contributed by atoms with Crippen molar-refractivity contribution in [1.82, 2.24) is 9.47 Å². The maximum atomic E-state index is 13.9. The molecule has 1 aromatic heterocycles.